The third-order valence-electron chi connectivity index (χ3n) is 3.51. The van der Waals surface area contributed by atoms with E-state index in [0.717, 1.165) is 12.2 Å². The fourth-order valence-electron chi connectivity index (χ4n) is 2.42. The SMILES string of the molecule is CCCSP(=S)(OCC)Oc1ccc2c(=O)c3ccccc3oc2c1. The third-order valence-corrected chi connectivity index (χ3v) is 8.95. The molecule has 1 unspecified atom stereocenters. The molecule has 0 N–H and O–H groups in total. The standard InChI is InChI=1S/C18H19O4PS2/c1-3-11-25-23(24,20-4-2)22-13-9-10-15-17(12-13)21-16-8-6-5-7-14(16)18(15)19/h5-10,12H,3-4,11H2,1-2H3. The van der Waals surface area contributed by atoms with Gasteiger partial charge in [-0.1, -0.05) is 30.4 Å². The highest BCUT2D eigenvalue weighted by molar-refractivity contribution is 8.68. The second kappa shape index (κ2) is 7.92. The molecule has 2 aromatic carbocycles. The summed E-state index contributed by atoms with van der Waals surface area (Å²) in [6, 6.07) is 12.4. The topological polar surface area (TPSA) is 48.7 Å². The van der Waals surface area contributed by atoms with Crippen LogP contribution in [0.25, 0.3) is 21.9 Å². The van der Waals surface area contributed by atoms with Gasteiger partial charge in [0.25, 0.3) is 5.69 Å². The average Bonchev–Trinajstić information content (AvgIpc) is 2.60. The molecule has 0 saturated carbocycles. The predicted octanol–water partition coefficient (Wildman–Crippen LogP) is 5.73. The maximum atomic E-state index is 12.6. The van der Waals surface area contributed by atoms with Crippen LogP contribution in [0.2, 0.25) is 0 Å². The molecule has 0 fully saturated rings. The molecule has 3 rings (SSSR count). The molecule has 7 heteroatoms. The first kappa shape index (κ1) is 18.5. The van der Waals surface area contributed by atoms with Gasteiger partial charge >= 0.3 is 0 Å². The first-order chi connectivity index (χ1) is 12.1. The van der Waals surface area contributed by atoms with Crippen molar-refractivity contribution >= 4 is 50.8 Å². The largest absolute Gasteiger partial charge is 0.456 e. The zero-order valence-corrected chi connectivity index (χ0v) is 16.6. The summed E-state index contributed by atoms with van der Waals surface area (Å²) >= 11 is 7.15. The molecule has 0 saturated heterocycles. The zero-order chi connectivity index (χ0) is 17.9. The van der Waals surface area contributed by atoms with E-state index in [2.05, 4.69) is 6.92 Å². The van der Waals surface area contributed by atoms with Crippen molar-refractivity contribution in [3.63, 3.8) is 0 Å². The first-order valence-electron chi connectivity index (χ1n) is 8.10. The number of fused-ring (bicyclic) bond motifs is 2. The monoisotopic (exact) mass is 394 g/mol. The highest BCUT2D eigenvalue weighted by Crippen LogP contribution is 2.60. The summed E-state index contributed by atoms with van der Waals surface area (Å²) in [5.74, 6) is 1.44. The minimum absolute atomic E-state index is 0.0481. The molecule has 0 bridgehead atoms. The Bertz CT molecular complexity index is 999. The molecule has 1 heterocycles. The molecule has 1 aromatic heterocycles. The van der Waals surface area contributed by atoms with Gasteiger partial charge in [-0.2, -0.15) is 0 Å². The van der Waals surface area contributed by atoms with E-state index < -0.39 is 5.69 Å². The average molecular weight is 394 g/mol. The van der Waals surface area contributed by atoms with E-state index in [1.165, 1.54) is 0 Å². The summed E-state index contributed by atoms with van der Waals surface area (Å²) in [4.78, 5) is 12.6. The molecule has 3 aromatic rings. The second-order valence-corrected chi connectivity index (χ2v) is 11.7. The van der Waals surface area contributed by atoms with Crippen LogP contribution in [0.3, 0.4) is 0 Å². The van der Waals surface area contributed by atoms with Crippen LogP contribution < -0.4 is 9.95 Å². The number of rotatable bonds is 7. The summed E-state index contributed by atoms with van der Waals surface area (Å²) in [5, 5.41) is 1.10. The lowest BCUT2D eigenvalue weighted by molar-refractivity contribution is 0.344. The van der Waals surface area contributed by atoms with Crippen LogP contribution in [0.1, 0.15) is 20.3 Å². The lowest BCUT2D eigenvalue weighted by Crippen LogP contribution is -2.02. The molecule has 0 spiro atoms. The molecule has 132 valence electrons. The van der Waals surface area contributed by atoms with Gasteiger partial charge in [0, 0.05) is 11.8 Å². The van der Waals surface area contributed by atoms with Crippen molar-refractivity contribution < 1.29 is 13.5 Å². The minimum atomic E-state index is -2.47. The van der Waals surface area contributed by atoms with Gasteiger partial charge in [-0.3, -0.25) is 4.79 Å². The summed E-state index contributed by atoms with van der Waals surface area (Å²) in [6.45, 7) is 4.50. The fourth-order valence-corrected chi connectivity index (χ4v) is 7.11. The van der Waals surface area contributed by atoms with Crippen LogP contribution in [0.15, 0.2) is 51.7 Å². The van der Waals surface area contributed by atoms with Crippen molar-refractivity contribution in [1.82, 2.24) is 0 Å². The Balaban J connectivity index is 2.01. The van der Waals surface area contributed by atoms with Crippen molar-refractivity contribution in [1.29, 1.82) is 0 Å². The summed E-state index contributed by atoms with van der Waals surface area (Å²) < 4.78 is 17.6. The number of benzene rings is 2. The van der Waals surface area contributed by atoms with Crippen LogP contribution in [0.4, 0.5) is 0 Å². The maximum Gasteiger partial charge on any atom is 0.297 e. The van der Waals surface area contributed by atoms with Gasteiger partial charge in [0.15, 0.2) is 0 Å². The van der Waals surface area contributed by atoms with Gasteiger partial charge in [0.2, 0.25) is 5.43 Å². The van der Waals surface area contributed by atoms with Gasteiger partial charge < -0.3 is 13.5 Å². The Hall–Kier alpha value is -1.33. The van der Waals surface area contributed by atoms with Gasteiger partial charge in [0.1, 0.15) is 16.9 Å². The Morgan fingerprint density at radius 2 is 1.88 bits per heavy atom. The van der Waals surface area contributed by atoms with Gasteiger partial charge in [-0.25, -0.2) is 0 Å². The molecule has 0 aliphatic heterocycles. The van der Waals surface area contributed by atoms with Crippen molar-refractivity contribution in [3.05, 3.63) is 52.7 Å². The highest BCUT2D eigenvalue weighted by Gasteiger charge is 2.21. The maximum absolute atomic E-state index is 12.6. The van der Waals surface area contributed by atoms with Crippen molar-refractivity contribution in [2.24, 2.45) is 0 Å². The molecule has 0 aliphatic rings. The van der Waals surface area contributed by atoms with E-state index in [1.807, 2.05) is 19.1 Å². The number of hydrogen-bond donors (Lipinski definition) is 0. The predicted molar refractivity (Wildman–Crippen MR) is 109 cm³/mol. The Morgan fingerprint density at radius 3 is 2.64 bits per heavy atom. The number of hydrogen-bond acceptors (Lipinski definition) is 6. The van der Waals surface area contributed by atoms with Crippen molar-refractivity contribution in [2.75, 3.05) is 12.4 Å². The molecule has 0 amide bonds. The van der Waals surface area contributed by atoms with Crippen LogP contribution in [0, 0.1) is 0 Å². The quantitative estimate of drug-likeness (QED) is 0.377. The van der Waals surface area contributed by atoms with E-state index in [9.17, 15) is 4.79 Å². The second-order valence-electron chi connectivity index (χ2n) is 5.37. The number of para-hydroxylation sites is 1. The highest BCUT2D eigenvalue weighted by atomic mass is 32.9. The van der Waals surface area contributed by atoms with Crippen LogP contribution in [-0.2, 0) is 16.3 Å². The molecular formula is C18H19O4PS2. The minimum Gasteiger partial charge on any atom is -0.456 e. The zero-order valence-electron chi connectivity index (χ0n) is 14.1. The molecule has 25 heavy (non-hydrogen) atoms. The summed E-state index contributed by atoms with van der Waals surface area (Å²) in [7, 11) is 0. The Morgan fingerprint density at radius 1 is 1.12 bits per heavy atom. The summed E-state index contributed by atoms with van der Waals surface area (Å²) in [5.41, 5.74) is -1.47. The molecule has 4 nitrogen and oxygen atoms in total. The fraction of sp³-hybridized carbons (Fsp3) is 0.278. The van der Waals surface area contributed by atoms with Crippen LogP contribution in [-0.4, -0.2) is 12.4 Å². The van der Waals surface area contributed by atoms with Crippen LogP contribution in [0.5, 0.6) is 5.75 Å². The van der Waals surface area contributed by atoms with Crippen molar-refractivity contribution in [2.45, 2.75) is 20.3 Å². The van der Waals surface area contributed by atoms with Gasteiger partial charge in [0.05, 0.1) is 17.4 Å². The molecular weight excluding hydrogens is 375 g/mol. The van der Waals surface area contributed by atoms with E-state index in [4.69, 9.17) is 25.3 Å². The summed E-state index contributed by atoms with van der Waals surface area (Å²) in [6.07, 6.45) is 0.998. The van der Waals surface area contributed by atoms with Crippen LogP contribution >= 0.6 is 17.1 Å². The van der Waals surface area contributed by atoms with E-state index in [1.54, 1.807) is 41.7 Å². The molecule has 0 aliphatic carbocycles. The van der Waals surface area contributed by atoms with E-state index in [0.29, 0.717) is 34.3 Å². The van der Waals surface area contributed by atoms with Gasteiger partial charge in [-0.05, 0) is 49.4 Å². The third kappa shape index (κ3) is 4.09. The molecule has 1 atom stereocenters. The molecule has 0 radical (unpaired) electrons. The van der Waals surface area contributed by atoms with Gasteiger partial charge in [-0.15, -0.1) is 0 Å². The Labute approximate surface area is 155 Å². The van der Waals surface area contributed by atoms with E-state index >= 15 is 0 Å². The normalized spacial score (nSPS) is 13.8. The van der Waals surface area contributed by atoms with E-state index in [-0.39, 0.29) is 5.43 Å². The Kier molecular flexibility index (Phi) is 5.85. The first-order valence-corrected chi connectivity index (χ1v) is 12.3. The lowest BCUT2D eigenvalue weighted by atomic mass is 10.1. The smallest absolute Gasteiger partial charge is 0.297 e. The van der Waals surface area contributed by atoms with Crippen molar-refractivity contribution in [3.8, 4) is 5.75 Å². The lowest BCUT2D eigenvalue weighted by Gasteiger charge is -2.21.